The molecule has 0 aliphatic carbocycles. The van der Waals surface area contributed by atoms with Gasteiger partial charge in [0.1, 0.15) is 5.76 Å². The lowest BCUT2D eigenvalue weighted by atomic mass is 10.2. The number of rotatable bonds is 6. The van der Waals surface area contributed by atoms with Gasteiger partial charge in [-0.25, -0.2) is 0 Å². The van der Waals surface area contributed by atoms with E-state index in [1.165, 1.54) is 0 Å². The first kappa shape index (κ1) is 11.8. The van der Waals surface area contributed by atoms with Gasteiger partial charge in [0.25, 0.3) is 0 Å². The molecule has 0 aromatic carbocycles. The van der Waals surface area contributed by atoms with Gasteiger partial charge in [-0.1, -0.05) is 0 Å². The van der Waals surface area contributed by atoms with Crippen LogP contribution in [0, 0.1) is 0 Å². The molecule has 0 spiro atoms. The fraction of sp³-hybridized carbons (Fsp3) is 0.545. The van der Waals surface area contributed by atoms with Crippen molar-refractivity contribution < 1.29 is 9.21 Å². The Kier molecular flexibility index (Phi) is 4.90. The molecule has 84 valence electrons. The average Bonchev–Trinajstić information content (AvgIpc) is 2.77. The van der Waals surface area contributed by atoms with E-state index in [4.69, 9.17) is 4.42 Å². The van der Waals surface area contributed by atoms with Crippen LogP contribution in [0.15, 0.2) is 22.8 Å². The molecule has 0 fully saturated rings. The van der Waals surface area contributed by atoms with Crippen LogP contribution in [-0.2, 0) is 4.79 Å². The van der Waals surface area contributed by atoms with Gasteiger partial charge in [-0.3, -0.25) is 4.79 Å². The minimum atomic E-state index is 0.0856. The lowest BCUT2D eigenvalue weighted by Crippen LogP contribution is -2.22. The number of hydrogen-bond donors (Lipinski definition) is 2. The molecule has 1 heterocycles. The quantitative estimate of drug-likeness (QED) is 0.699. The van der Waals surface area contributed by atoms with E-state index in [9.17, 15) is 4.79 Å². The highest BCUT2D eigenvalue weighted by atomic mass is 16.3. The van der Waals surface area contributed by atoms with E-state index in [1.54, 1.807) is 13.3 Å². The summed E-state index contributed by atoms with van der Waals surface area (Å²) in [6.07, 6.45) is 3.07. The molecule has 2 N–H and O–H groups in total. The zero-order chi connectivity index (χ0) is 11.1. The third-order valence-corrected chi connectivity index (χ3v) is 2.28. The van der Waals surface area contributed by atoms with Gasteiger partial charge in [-0.15, -0.1) is 0 Å². The molecule has 0 saturated heterocycles. The summed E-state index contributed by atoms with van der Waals surface area (Å²) >= 11 is 0. The van der Waals surface area contributed by atoms with Crippen molar-refractivity contribution in [3.8, 4) is 0 Å². The van der Waals surface area contributed by atoms with E-state index < -0.39 is 0 Å². The zero-order valence-electron chi connectivity index (χ0n) is 9.25. The molecule has 15 heavy (non-hydrogen) atoms. The van der Waals surface area contributed by atoms with Crippen molar-refractivity contribution >= 4 is 5.91 Å². The highest BCUT2D eigenvalue weighted by Crippen LogP contribution is 2.11. The van der Waals surface area contributed by atoms with E-state index >= 15 is 0 Å². The fourth-order valence-electron chi connectivity index (χ4n) is 1.33. The lowest BCUT2D eigenvalue weighted by molar-refractivity contribution is -0.120. The second kappa shape index (κ2) is 6.24. The highest BCUT2D eigenvalue weighted by Gasteiger charge is 2.06. The summed E-state index contributed by atoms with van der Waals surface area (Å²) in [7, 11) is 1.65. The lowest BCUT2D eigenvalue weighted by Gasteiger charge is -2.10. The predicted molar refractivity (Wildman–Crippen MR) is 58.4 cm³/mol. The molecule has 1 amide bonds. The first-order valence-corrected chi connectivity index (χ1v) is 5.21. The number of carbonyl (C=O) groups is 1. The zero-order valence-corrected chi connectivity index (χ0v) is 9.25. The summed E-state index contributed by atoms with van der Waals surface area (Å²) < 4.78 is 5.25. The third-order valence-electron chi connectivity index (χ3n) is 2.28. The van der Waals surface area contributed by atoms with Crippen LogP contribution in [0.1, 0.15) is 31.6 Å². The van der Waals surface area contributed by atoms with Crippen LogP contribution in [0.5, 0.6) is 0 Å². The Labute approximate surface area is 90.0 Å². The molecular weight excluding hydrogens is 192 g/mol. The molecule has 1 aromatic rings. The summed E-state index contributed by atoms with van der Waals surface area (Å²) in [5, 5.41) is 5.89. The van der Waals surface area contributed by atoms with Gasteiger partial charge in [0.15, 0.2) is 0 Å². The van der Waals surface area contributed by atoms with Crippen LogP contribution in [-0.4, -0.2) is 19.5 Å². The molecule has 0 unspecified atom stereocenters. The molecule has 0 aliphatic rings. The van der Waals surface area contributed by atoms with E-state index in [0.29, 0.717) is 6.42 Å². The van der Waals surface area contributed by atoms with Crippen LogP contribution >= 0.6 is 0 Å². The molecule has 0 bridgehead atoms. The van der Waals surface area contributed by atoms with Crippen LogP contribution in [0.25, 0.3) is 0 Å². The Morgan fingerprint density at radius 2 is 2.40 bits per heavy atom. The van der Waals surface area contributed by atoms with Gasteiger partial charge < -0.3 is 15.1 Å². The molecule has 0 aliphatic heterocycles. The molecular formula is C11H18N2O2. The molecule has 0 saturated carbocycles. The number of amides is 1. The van der Waals surface area contributed by atoms with Gasteiger partial charge in [0.2, 0.25) is 5.91 Å². The van der Waals surface area contributed by atoms with E-state index in [2.05, 4.69) is 10.6 Å². The van der Waals surface area contributed by atoms with Crippen LogP contribution in [0.2, 0.25) is 0 Å². The molecule has 0 radical (unpaired) electrons. The Morgan fingerprint density at radius 1 is 1.60 bits per heavy atom. The number of carbonyl (C=O) groups excluding carboxylic acids is 1. The van der Waals surface area contributed by atoms with E-state index in [0.717, 1.165) is 18.7 Å². The van der Waals surface area contributed by atoms with Crippen molar-refractivity contribution in [2.75, 3.05) is 13.6 Å². The van der Waals surface area contributed by atoms with Gasteiger partial charge >= 0.3 is 0 Å². The average molecular weight is 210 g/mol. The summed E-state index contributed by atoms with van der Waals surface area (Å²) in [5.74, 6) is 1.01. The van der Waals surface area contributed by atoms with Crippen molar-refractivity contribution in [3.05, 3.63) is 24.2 Å². The van der Waals surface area contributed by atoms with Crippen LogP contribution in [0.3, 0.4) is 0 Å². The fourth-order valence-corrected chi connectivity index (χ4v) is 1.33. The Morgan fingerprint density at radius 3 is 3.00 bits per heavy atom. The van der Waals surface area contributed by atoms with Crippen molar-refractivity contribution in [3.63, 3.8) is 0 Å². The monoisotopic (exact) mass is 210 g/mol. The van der Waals surface area contributed by atoms with Gasteiger partial charge in [-0.05, 0) is 32.0 Å². The maximum Gasteiger partial charge on any atom is 0.219 e. The predicted octanol–water partition coefficient (Wildman–Crippen LogP) is 1.46. The number of hydrogen-bond acceptors (Lipinski definition) is 3. The van der Waals surface area contributed by atoms with Crippen LogP contribution in [0.4, 0.5) is 0 Å². The van der Waals surface area contributed by atoms with Crippen molar-refractivity contribution in [2.45, 2.75) is 25.8 Å². The second-order valence-corrected chi connectivity index (χ2v) is 3.47. The van der Waals surface area contributed by atoms with E-state index in [1.807, 2.05) is 19.1 Å². The first-order chi connectivity index (χ1) is 7.24. The summed E-state index contributed by atoms with van der Waals surface area (Å²) in [4.78, 5) is 10.9. The molecule has 1 atom stereocenters. The summed E-state index contributed by atoms with van der Waals surface area (Å²) in [5.41, 5.74) is 0. The highest BCUT2D eigenvalue weighted by molar-refractivity contribution is 5.75. The maximum atomic E-state index is 10.9. The Bertz CT molecular complexity index is 283. The van der Waals surface area contributed by atoms with E-state index in [-0.39, 0.29) is 11.9 Å². The topological polar surface area (TPSA) is 54.3 Å². The van der Waals surface area contributed by atoms with Gasteiger partial charge in [0, 0.05) is 13.5 Å². The SMILES string of the molecule is CNC(=O)CCCN[C@H](C)c1ccco1. The first-order valence-electron chi connectivity index (χ1n) is 5.21. The van der Waals surface area contributed by atoms with Crippen molar-refractivity contribution in [1.82, 2.24) is 10.6 Å². The van der Waals surface area contributed by atoms with Crippen LogP contribution < -0.4 is 10.6 Å². The molecule has 1 aromatic heterocycles. The van der Waals surface area contributed by atoms with Gasteiger partial charge in [-0.2, -0.15) is 0 Å². The standard InChI is InChI=1S/C11H18N2O2/c1-9(10-5-4-8-15-10)13-7-3-6-11(14)12-2/h4-5,8-9,13H,3,6-7H2,1-2H3,(H,12,14)/t9-/m1/s1. The Balaban J connectivity index is 2.13. The minimum absolute atomic E-state index is 0.0856. The number of furan rings is 1. The summed E-state index contributed by atoms with van der Waals surface area (Å²) in [6, 6.07) is 4.01. The molecule has 4 nitrogen and oxygen atoms in total. The number of nitrogens with one attached hydrogen (secondary N) is 2. The maximum absolute atomic E-state index is 10.9. The normalized spacial score (nSPS) is 12.4. The summed E-state index contributed by atoms with van der Waals surface area (Å²) in [6.45, 7) is 2.86. The van der Waals surface area contributed by atoms with Crippen molar-refractivity contribution in [2.24, 2.45) is 0 Å². The second-order valence-electron chi connectivity index (χ2n) is 3.47. The largest absolute Gasteiger partial charge is 0.468 e. The van der Waals surface area contributed by atoms with Gasteiger partial charge in [0.05, 0.1) is 12.3 Å². The third kappa shape index (κ3) is 4.16. The Hall–Kier alpha value is -1.29. The smallest absolute Gasteiger partial charge is 0.219 e. The van der Waals surface area contributed by atoms with Crippen molar-refractivity contribution in [1.29, 1.82) is 0 Å². The molecule has 4 heteroatoms. The molecule has 1 rings (SSSR count). The minimum Gasteiger partial charge on any atom is -0.468 e.